The molecule has 0 aromatic rings. The molecule has 0 aliphatic rings. The topological polar surface area (TPSA) is 117 Å². The van der Waals surface area contributed by atoms with Crippen molar-refractivity contribution >= 4 is 0 Å². The molecular weight excluding hydrogens is 144 g/mol. The molecule has 0 rings (SSSR count). The summed E-state index contributed by atoms with van der Waals surface area (Å²) < 4.78 is 0. The van der Waals surface area contributed by atoms with Crippen LogP contribution in [-0.4, -0.2) is 26.3 Å². The van der Waals surface area contributed by atoms with Gasteiger partial charge in [0.25, 0.3) is 0 Å². The first-order valence-electron chi connectivity index (χ1n) is 2.26. The lowest BCUT2D eigenvalue weighted by molar-refractivity contribution is -0.792. The lowest BCUT2D eigenvalue weighted by Crippen LogP contribution is -2.26. The van der Waals surface area contributed by atoms with Gasteiger partial charge in [-0.15, -0.1) is 0 Å². The predicted molar refractivity (Wildman–Crippen MR) is 25.1 cm³/mol. The molecule has 0 atom stereocenters. The van der Waals surface area contributed by atoms with Crippen molar-refractivity contribution in [3.63, 3.8) is 0 Å². The van der Waals surface area contributed by atoms with E-state index in [9.17, 15) is 10.4 Å². The Morgan fingerprint density at radius 3 is 1.70 bits per heavy atom. The molecule has 0 aromatic carbocycles. The molecule has 8 nitrogen and oxygen atoms in total. The highest BCUT2D eigenvalue weighted by molar-refractivity contribution is 4.18. The maximum Gasteiger partial charge on any atom is 0.413 e. The van der Waals surface area contributed by atoms with Gasteiger partial charge in [0.15, 0.2) is 0 Å². The molecule has 0 aliphatic heterocycles. The minimum absolute atomic E-state index is 0.313. The zero-order valence-electron chi connectivity index (χ0n) is 5.08. The Bertz CT molecular complexity index is 147. The van der Waals surface area contributed by atoms with E-state index in [1.165, 1.54) is 0 Å². The van der Waals surface area contributed by atoms with Crippen molar-refractivity contribution in [3.8, 4) is 0 Å². The van der Waals surface area contributed by atoms with Crippen molar-refractivity contribution in [2.75, 3.05) is 0 Å². The average Bonchev–Trinajstić information content (AvgIpc) is 2.00. The first kappa shape index (κ1) is 8.40. The van der Waals surface area contributed by atoms with E-state index in [-0.39, 0.29) is 9.72 Å². The summed E-state index contributed by atoms with van der Waals surface area (Å²) in [7, 11) is 0. The third-order valence-corrected chi connectivity index (χ3v) is 0.816. The monoisotopic (exact) mass is 150 g/mol. The second-order valence-electron chi connectivity index (χ2n) is 1.42. The quantitative estimate of drug-likeness (QED) is 0.250. The maximum absolute atomic E-state index is 10.2. The fourth-order valence-corrected chi connectivity index (χ4v) is 0.234. The second-order valence-corrected chi connectivity index (χ2v) is 1.42. The third kappa shape index (κ3) is 1.73. The van der Waals surface area contributed by atoms with Gasteiger partial charge in [-0.1, -0.05) is 0 Å². The summed E-state index contributed by atoms with van der Waals surface area (Å²) in [6.45, 7) is 1.10. The zero-order valence-corrected chi connectivity index (χ0v) is 5.08. The van der Waals surface area contributed by atoms with E-state index >= 15 is 0 Å². The van der Waals surface area contributed by atoms with E-state index in [1.807, 2.05) is 0 Å². The predicted octanol–water partition coefficient (Wildman–Crippen LogP) is 0.0358. The standard InChI is InChI=1S/C2H6N4O4/c1-2(5(9)3-7)6(10)4-8/h2,7-8H,1H3/b5-3-,6-4-. The van der Waals surface area contributed by atoms with Gasteiger partial charge in [0.1, 0.15) is 0 Å². The summed E-state index contributed by atoms with van der Waals surface area (Å²) in [5.74, 6) is 0. The van der Waals surface area contributed by atoms with Crippen molar-refractivity contribution in [1.29, 1.82) is 0 Å². The van der Waals surface area contributed by atoms with Crippen LogP contribution in [0.15, 0.2) is 10.6 Å². The van der Waals surface area contributed by atoms with Crippen molar-refractivity contribution in [2.45, 2.75) is 13.1 Å². The molecule has 0 unspecified atom stereocenters. The van der Waals surface area contributed by atoms with Crippen LogP contribution in [0.3, 0.4) is 0 Å². The minimum atomic E-state index is -1.38. The Morgan fingerprint density at radius 2 is 1.50 bits per heavy atom. The Kier molecular flexibility index (Phi) is 2.88. The second kappa shape index (κ2) is 3.43. The van der Waals surface area contributed by atoms with E-state index in [4.69, 9.17) is 10.4 Å². The smallest absolute Gasteiger partial charge is 0.413 e. The molecule has 0 saturated heterocycles. The summed E-state index contributed by atoms with van der Waals surface area (Å²) in [4.78, 5) is -0.626. The van der Waals surface area contributed by atoms with Crippen LogP contribution in [-0.2, 0) is 0 Å². The summed E-state index contributed by atoms with van der Waals surface area (Å²) >= 11 is 0. The Labute approximate surface area is 55.4 Å². The van der Waals surface area contributed by atoms with Gasteiger partial charge in [0.05, 0.1) is 6.92 Å². The molecule has 8 heteroatoms. The van der Waals surface area contributed by atoms with E-state index in [0.717, 1.165) is 6.92 Å². The van der Waals surface area contributed by atoms with E-state index in [2.05, 4.69) is 10.6 Å². The number of rotatable bonds is 2. The molecule has 0 bridgehead atoms. The van der Waals surface area contributed by atoms with Crippen LogP contribution in [0.5, 0.6) is 0 Å². The van der Waals surface area contributed by atoms with Crippen LogP contribution in [0.4, 0.5) is 0 Å². The van der Waals surface area contributed by atoms with Gasteiger partial charge >= 0.3 is 6.17 Å². The summed E-state index contributed by atoms with van der Waals surface area (Å²) in [6.07, 6.45) is -1.38. The largest absolute Gasteiger partial charge is 0.592 e. The van der Waals surface area contributed by atoms with Crippen LogP contribution < -0.4 is 0 Å². The van der Waals surface area contributed by atoms with Gasteiger partial charge in [-0.3, -0.25) is 0 Å². The summed E-state index contributed by atoms with van der Waals surface area (Å²) in [5, 5.41) is 40.2. The molecule has 0 saturated carbocycles. The van der Waals surface area contributed by atoms with E-state index < -0.39 is 6.17 Å². The third-order valence-electron chi connectivity index (χ3n) is 0.816. The molecule has 10 heavy (non-hydrogen) atoms. The van der Waals surface area contributed by atoms with Crippen LogP contribution >= 0.6 is 0 Å². The summed E-state index contributed by atoms with van der Waals surface area (Å²) in [6, 6.07) is 0. The van der Waals surface area contributed by atoms with Crippen molar-refractivity contribution in [1.82, 2.24) is 0 Å². The lowest BCUT2D eigenvalue weighted by atomic mass is 10.6. The maximum atomic E-state index is 10.2. The van der Waals surface area contributed by atoms with Crippen molar-refractivity contribution in [2.24, 2.45) is 10.6 Å². The number of nitrogens with zero attached hydrogens (tertiary/aromatic N) is 4. The Morgan fingerprint density at radius 1 is 1.20 bits per heavy atom. The highest BCUT2D eigenvalue weighted by Gasteiger charge is 2.20. The van der Waals surface area contributed by atoms with Crippen LogP contribution in [0.2, 0.25) is 0 Å². The number of hydroxylamine groups is 2. The SMILES string of the molecule is CC(/[N+]([O-])=N/O)/[N+]([O-])=N/O. The normalized spacial score (nSPS) is 14.2. The van der Waals surface area contributed by atoms with Crippen LogP contribution in [0, 0.1) is 10.4 Å². The molecule has 0 amide bonds. The molecule has 0 aliphatic carbocycles. The summed E-state index contributed by atoms with van der Waals surface area (Å²) in [5.41, 5.74) is 0. The molecule has 0 fully saturated rings. The highest BCUT2D eigenvalue weighted by Crippen LogP contribution is 1.90. The Balaban J connectivity index is 4.22. The Hall–Kier alpha value is -1.60. The molecule has 0 radical (unpaired) electrons. The van der Waals surface area contributed by atoms with E-state index in [1.54, 1.807) is 0 Å². The zero-order chi connectivity index (χ0) is 8.15. The van der Waals surface area contributed by atoms with Crippen molar-refractivity contribution < 1.29 is 20.1 Å². The van der Waals surface area contributed by atoms with Gasteiger partial charge in [-0.2, -0.15) is 0 Å². The van der Waals surface area contributed by atoms with Gasteiger partial charge in [0, 0.05) is 9.72 Å². The molecule has 2 N–H and O–H groups in total. The first-order chi connectivity index (χ1) is 4.63. The fraction of sp³-hybridized carbons (Fsp3) is 1.00. The van der Waals surface area contributed by atoms with Gasteiger partial charge in [0.2, 0.25) is 10.6 Å². The molecular formula is C2H6N4O4. The first-order valence-corrected chi connectivity index (χ1v) is 2.26. The minimum Gasteiger partial charge on any atom is -0.592 e. The van der Waals surface area contributed by atoms with Crippen LogP contribution in [0.25, 0.3) is 0 Å². The highest BCUT2D eigenvalue weighted by atomic mass is 16.6. The molecule has 58 valence electrons. The van der Waals surface area contributed by atoms with Crippen LogP contribution in [0.1, 0.15) is 6.92 Å². The molecule has 0 spiro atoms. The van der Waals surface area contributed by atoms with Gasteiger partial charge in [-0.05, 0) is 0 Å². The van der Waals surface area contributed by atoms with Gasteiger partial charge < -0.3 is 20.8 Å². The molecule has 0 aromatic heterocycles. The van der Waals surface area contributed by atoms with Crippen molar-refractivity contribution in [3.05, 3.63) is 10.4 Å². The lowest BCUT2D eigenvalue weighted by Gasteiger charge is -2.02. The number of hydrogen-bond donors (Lipinski definition) is 2. The molecule has 0 heterocycles. The fourth-order valence-electron chi connectivity index (χ4n) is 0.234. The van der Waals surface area contributed by atoms with E-state index in [0.29, 0.717) is 0 Å². The average molecular weight is 150 g/mol. The number of hydrogen-bond acceptors (Lipinski definition) is 4. The van der Waals surface area contributed by atoms with Gasteiger partial charge in [-0.25, -0.2) is 0 Å².